The number of aryl methyl sites for hydroxylation is 2. The van der Waals surface area contributed by atoms with E-state index in [4.69, 9.17) is 4.42 Å². The Morgan fingerprint density at radius 2 is 1.83 bits per heavy atom. The highest BCUT2D eigenvalue weighted by molar-refractivity contribution is 7.07. The van der Waals surface area contributed by atoms with Crippen molar-refractivity contribution in [1.29, 1.82) is 10.5 Å². The van der Waals surface area contributed by atoms with E-state index in [9.17, 15) is 15.3 Å². The molecule has 0 N–H and O–H groups in total. The molecule has 0 bridgehead atoms. The molecule has 0 unspecified atom stereocenters. The van der Waals surface area contributed by atoms with Crippen LogP contribution in [0.2, 0.25) is 0 Å². The summed E-state index contributed by atoms with van der Waals surface area (Å²) in [6.07, 6.45) is 2.49. The van der Waals surface area contributed by atoms with Gasteiger partial charge in [-0.3, -0.25) is 9.36 Å². The van der Waals surface area contributed by atoms with Gasteiger partial charge in [-0.2, -0.15) is 10.5 Å². The predicted molar refractivity (Wildman–Crippen MR) is 118 cm³/mol. The second kappa shape index (κ2) is 7.87. The summed E-state index contributed by atoms with van der Waals surface area (Å²) in [6.45, 7) is 3.89. The number of thiazole rings is 1. The lowest BCUT2D eigenvalue weighted by atomic mass is 10.1. The molecule has 5 nitrogen and oxygen atoms in total. The van der Waals surface area contributed by atoms with Crippen LogP contribution >= 0.6 is 11.3 Å². The van der Waals surface area contributed by atoms with Gasteiger partial charge in [0.05, 0.1) is 10.2 Å². The van der Waals surface area contributed by atoms with E-state index >= 15 is 0 Å². The third kappa shape index (κ3) is 3.14. The Hall–Kier alpha value is -3.87. The molecule has 0 aliphatic heterocycles. The maximum absolute atomic E-state index is 13.4. The zero-order valence-corrected chi connectivity index (χ0v) is 17.3. The molecule has 0 aliphatic carbocycles. The molecule has 0 saturated heterocycles. The SMILES string of the molecule is CCc1oc2ccccc2c1/C=c1\sc(=C(C#N)C#N)n(-c2ccccc2C)c1=O. The number of rotatable bonds is 3. The summed E-state index contributed by atoms with van der Waals surface area (Å²) in [4.78, 5) is 13.4. The molecule has 2 aromatic heterocycles. The fourth-order valence-corrected chi connectivity index (χ4v) is 4.50. The lowest BCUT2D eigenvalue weighted by Gasteiger charge is -2.05. The average molecular weight is 411 g/mol. The van der Waals surface area contributed by atoms with Crippen LogP contribution in [-0.4, -0.2) is 4.57 Å². The Morgan fingerprint density at radius 3 is 2.53 bits per heavy atom. The summed E-state index contributed by atoms with van der Waals surface area (Å²) in [7, 11) is 0. The molecule has 4 aromatic rings. The van der Waals surface area contributed by atoms with Crippen molar-refractivity contribution in [2.75, 3.05) is 0 Å². The van der Waals surface area contributed by atoms with Gasteiger partial charge in [0.1, 0.15) is 28.1 Å². The number of fused-ring (bicyclic) bond motifs is 1. The Morgan fingerprint density at radius 1 is 1.13 bits per heavy atom. The number of aromatic nitrogens is 1. The maximum Gasteiger partial charge on any atom is 0.273 e. The maximum atomic E-state index is 13.4. The minimum Gasteiger partial charge on any atom is -0.460 e. The van der Waals surface area contributed by atoms with Crippen LogP contribution in [0.4, 0.5) is 0 Å². The largest absolute Gasteiger partial charge is 0.460 e. The van der Waals surface area contributed by atoms with Gasteiger partial charge in [-0.25, -0.2) is 0 Å². The Labute approximate surface area is 176 Å². The molecule has 0 radical (unpaired) electrons. The summed E-state index contributed by atoms with van der Waals surface area (Å²) in [5.74, 6) is 0.790. The molecule has 146 valence electrons. The van der Waals surface area contributed by atoms with Crippen molar-refractivity contribution in [3.05, 3.63) is 85.0 Å². The van der Waals surface area contributed by atoms with Crippen LogP contribution < -0.4 is 14.8 Å². The summed E-state index contributed by atoms with van der Waals surface area (Å²) in [5, 5.41) is 19.8. The molecule has 4 rings (SSSR count). The smallest absolute Gasteiger partial charge is 0.273 e. The summed E-state index contributed by atoms with van der Waals surface area (Å²) >= 11 is 1.14. The Balaban J connectivity index is 2.13. The van der Waals surface area contributed by atoms with E-state index in [0.29, 0.717) is 21.3 Å². The molecular weight excluding hydrogens is 394 g/mol. The van der Waals surface area contributed by atoms with Gasteiger partial charge >= 0.3 is 0 Å². The first-order chi connectivity index (χ1) is 14.6. The zero-order chi connectivity index (χ0) is 21.3. The van der Waals surface area contributed by atoms with Crippen molar-refractivity contribution in [3.63, 3.8) is 0 Å². The Bertz CT molecular complexity index is 1520. The van der Waals surface area contributed by atoms with Gasteiger partial charge in [0.2, 0.25) is 0 Å². The summed E-state index contributed by atoms with van der Waals surface area (Å²) in [5.41, 5.74) is 2.79. The average Bonchev–Trinajstić information content (AvgIpc) is 3.28. The van der Waals surface area contributed by atoms with Gasteiger partial charge in [-0.15, -0.1) is 11.3 Å². The quantitative estimate of drug-likeness (QED) is 0.516. The lowest BCUT2D eigenvalue weighted by Crippen LogP contribution is -2.31. The van der Waals surface area contributed by atoms with Gasteiger partial charge in [0.25, 0.3) is 5.56 Å². The van der Waals surface area contributed by atoms with Gasteiger partial charge < -0.3 is 4.42 Å². The molecule has 2 aromatic carbocycles. The van der Waals surface area contributed by atoms with E-state index in [1.54, 1.807) is 0 Å². The van der Waals surface area contributed by atoms with Crippen molar-refractivity contribution < 1.29 is 4.42 Å². The normalized spacial score (nSPS) is 11.4. The van der Waals surface area contributed by atoms with E-state index in [2.05, 4.69) is 0 Å². The molecule has 6 heteroatoms. The molecule has 0 atom stereocenters. The van der Waals surface area contributed by atoms with Crippen LogP contribution in [0.5, 0.6) is 0 Å². The number of furan rings is 1. The monoisotopic (exact) mass is 411 g/mol. The minimum atomic E-state index is -0.264. The van der Waals surface area contributed by atoms with Crippen LogP contribution in [0.1, 0.15) is 23.8 Å². The molecule has 0 amide bonds. The number of nitriles is 2. The summed E-state index contributed by atoms with van der Waals surface area (Å²) < 4.78 is 8.18. The predicted octanol–water partition coefficient (Wildman–Crippen LogP) is 3.54. The first kappa shape index (κ1) is 19.4. The number of para-hydroxylation sites is 2. The second-order valence-corrected chi connectivity index (χ2v) is 7.76. The molecule has 0 fully saturated rings. The van der Waals surface area contributed by atoms with Crippen molar-refractivity contribution in [2.45, 2.75) is 20.3 Å². The van der Waals surface area contributed by atoms with Gasteiger partial charge in [0.15, 0.2) is 5.57 Å². The highest BCUT2D eigenvalue weighted by Crippen LogP contribution is 2.26. The van der Waals surface area contributed by atoms with Crippen molar-refractivity contribution in [3.8, 4) is 17.8 Å². The zero-order valence-electron chi connectivity index (χ0n) is 16.5. The van der Waals surface area contributed by atoms with Crippen molar-refractivity contribution in [2.24, 2.45) is 0 Å². The van der Waals surface area contributed by atoms with Crippen LogP contribution in [0.25, 0.3) is 28.3 Å². The highest BCUT2D eigenvalue weighted by Gasteiger charge is 2.15. The summed E-state index contributed by atoms with van der Waals surface area (Å²) in [6, 6.07) is 19.0. The van der Waals surface area contributed by atoms with Gasteiger partial charge in [-0.05, 0) is 30.7 Å². The van der Waals surface area contributed by atoms with E-state index in [1.807, 2.05) is 80.6 Å². The Kier molecular flexibility index (Phi) is 5.10. The van der Waals surface area contributed by atoms with E-state index in [1.165, 1.54) is 4.57 Å². The van der Waals surface area contributed by atoms with Gasteiger partial charge in [-0.1, -0.05) is 43.3 Å². The van der Waals surface area contributed by atoms with Crippen molar-refractivity contribution >= 4 is 34.0 Å². The van der Waals surface area contributed by atoms with E-state index in [0.717, 1.165) is 39.2 Å². The number of hydrogen-bond acceptors (Lipinski definition) is 5. The molecule has 0 saturated carbocycles. The molecule has 0 aliphatic rings. The van der Waals surface area contributed by atoms with Crippen LogP contribution in [0.15, 0.2) is 57.7 Å². The van der Waals surface area contributed by atoms with E-state index in [-0.39, 0.29) is 11.1 Å². The van der Waals surface area contributed by atoms with Crippen LogP contribution in [-0.2, 0) is 6.42 Å². The van der Waals surface area contributed by atoms with E-state index < -0.39 is 0 Å². The molecule has 30 heavy (non-hydrogen) atoms. The van der Waals surface area contributed by atoms with Crippen LogP contribution in [0, 0.1) is 29.6 Å². The molecular formula is C24H17N3O2S. The van der Waals surface area contributed by atoms with Crippen molar-refractivity contribution in [1.82, 2.24) is 4.57 Å². The minimum absolute atomic E-state index is 0.0900. The third-order valence-electron chi connectivity index (χ3n) is 4.92. The third-order valence-corrected chi connectivity index (χ3v) is 6.02. The first-order valence-corrected chi connectivity index (χ1v) is 10.2. The lowest BCUT2D eigenvalue weighted by molar-refractivity contribution is 0.556. The fourth-order valence-electron chi connectivity index (χ4n) is 3.47. The standard InChI is InChI=1S/C24H17N3O2S/c1-3-20-18(17-9-5-7-11-21(17)29-20)12-22-23(28)27(19-10-6-4-8-15(19)2)24(30-22)16(13-25)14-26/h4-12H,3H2,1-2H3/b22-12-. The fraction of sp³-hybridized carbons (Fsp3) is 0.125. The number of benzene rings is 2. The second-order valence-electron chi connectivity index (χ2n) is 6.73. The topological polar surface area (TPSA) is 82.7 Å². The number of hydrogen-bond donors (Lipinski definition) is 0. The number of nitrogens with zero attached hydrogens (tertiary/aromatic N) is 3. The first-order valence-electron chi connectivity index (χ1n) is 9.43. The van der Waals surface area contributed by atoms with Gasteiger partial charge in [0, 0.05) is 17.4 Å². The highest BCUT2D eigenvalue weighted by atomic mass is 32.1. The molecule has 2 heterocycles. The molecule has 0 spiro atoms. The van der Waals surface area contributed by atoms with Crippen LogP contribution in [0.3, 0.4) is 0 Å².